The summed E-state index contributed by atoms with van der Waals surface area (Å²) in [6.45, 7) is 8.41. The molecule has 0 spiro atoms. The number of nitrogens with zero attached hydrogens (tertiary/aromatic N) is 2. The normalized spacial score (nSPS) is 16.6. The summed E-state index contributed by atoms with van der Waals surface area (Å²) in [7, 11) is 2.33. The third-order valence-electron chi connectivity index (χ3n) is 9.95. The Balaban J connectivity index is 1.92. The summed E-state index contributed by atoms with van der Waals surface area (Å²) < 4.78 is 0.942. The van der Waals surface area contributed by atoms with Crippen molar-refractivity contribution in [3.05, 3.63) is 0 Å². The van der Waals surface area contributed by atoms with Crippen LogP contribution < -0.4 is 5.32 Å². The number of likely N-dealkylation sites (N-methyl/N-ethyl adjacent to an activating group) is 1. The Morgan fingerprint density at radius 1 is 0.581 bits per heavy atom. The fourth-order valence-corrected chi connectivity index (χ4v) is 6.78. The maximum Gasteiger partial charge on any atom is 0.220 e. The molecule has 0 fully saturated rings. The summed E-state index contributed by atoms with van der Waals surface area (Å²) in [5.74, 6) is 1.62. The highest BCUT2D eigenvalue weighted by Crippen LogP contribution is 2.19. The molecule has 1 N–H and O–H groups in total. The van der Waals surface area contributed by atoms with Crippen molar-refractivity contribution >= 4 is 11.7 Å². The number of amides is 1. The minimum atomic E-state index is 0.245. The lowest BCUT2D eigenvalue weighted by molar-refractivity contribution is -0.814. The third kappa shape index (κ3) is 24.1. The minimum absolute atomic E-state index is 0.245. The molecule has 0 aromatic heterocycles. The Morgan fingerprint density at radius 2 is 0.953 bits per heavy atom. The van der Waals surface area contributed by atoms with Gasteiger partial charge in [0.2, 0.25) is 5.91 Å². The van der Waals surface area contributed by atoms with E-state index in [1.54, 1.807) is 0 Å². The van der Waals surface area contributed by atoms with E-state index in [1.165, 1.54) is 179 Å². The zero-order chi connectivity index (χ0) is 31.1. The molecule has 254 valence electrons. The molecule has 4 nitrogen and oxygen atoms in total. The molecule has 0 radical (unpaired) electrons. The smallest absolute Gasteiger partial charge is 0.220 e. The number of amidine groups is 1. The SMILES string of the molecule is CCCCCCCCCCCCCCCCCC1=NCC[N+]1(C)CCNC(=O)CCCCCCCCCCCCCCC. The van der Waals surface area contributed by atoms with E-state index in [0.717, 1.165) is 43.5 Å². The van der Waals surface area contributed by atoms with Crippen LogP contribution in [0.1, 0.15) is 206 Å². The third-order valence-corrected chi connectivity index (χ3v) is 9.95. The molecule has 0 aliphatic carbocycles. The number of rotatable bonds is 33. The molecule has 0 saturated heterocycles. The monoisotopic (exact) mass is 605 g/mol. The standard InChI is InChI=1S/C39H77N3O/c1-4-6-8-10-12-14-16-18-19-21-22-24-26-28-30-32-38-40-34-36-42(38,3)37-35-41-39(43)33-31-29-27-25-23-20-17-15-13-11-9-7-5-2/h4-37H2,1-3H3/p+1. The van der Waals surface area contributed by atoms with Crippen LogP contribution in [0.15, 0.2) is 4.99 Å². The van der Waals surface area contributed by atoms with E-state index in [0.29, 0.717) is 6.42 Å². The van der Waals surface area contributed by atoms with E-state index in [9.17, 15) is 4.79 Å². The number of hydrogen-bond donors (Lipinski definition) is 1. The summed E-state index contributed by atoms with van der Waals surface area (Å²) >= 11 is 0. The first-order chi connectivity index (χ1) is 21.1. The first-order valence-electron chi connectivity index (χ1n) is 19.8. The number of aliphatic imine (C=N–C) groups is 1. The van der Waals surface area contributed by atoms with E-state index in [4.69, 9.17) is 4.99 Å². The highest BCUT2D eigenvalue weighted by atomic mass is 16.1. The first-order valence-corrected chi connectivity index (χ1v) is 19.8. The van der Waals surface area contributed by atoms with Crippen LogP contribution in [0.25, 0.3) is 0 Å². The Labute approximate surface area is 270 Å². The lowest BCUT2D eigenvalue weighted by atomic mass is 10.0. The topological polar surface area (TPSA) is 41.5 Å². The van der Waals surface area contributed by atoms with Crippen molar-refractivity contribution in [2.75, 3.05) is 33.2 Å². The van der Waals surface area contributed by atoms with Gasteiger partial charge in [0.05, 0.1) is 20.1 Å². The first kappa shape index (κ1) is 40.1. The van der Waals surface area contributed by atoms with Crippen LogP contribution in [-0.4, -0.2) is 49.5 Å². The van der Waals surface area contributed by atoms with Crippen LogP contribution >= 0.6 is 0 Å². The molecule has 1 rings (SSSR count). The van der Waals surface area contributed by atoms with Gasteiger partial charge in [0.25, 0.3) is 0 Å². The average molecular weight is 605 g/mol. The largest absolute Gasteiger partial charge is 0.350 e. The highest BCUT2D eigenvalue weighted by molar-refractivity contribution is 5.77. The summed E-state index contributed by atoms with van der Waals surface area (Å²) in [6.07, 6.45) is 40.6. The molecule has 0 bridgehead atoms. The number of carbonyl (C=O) groups is 1. The van der Waals surface area contributed by atoms with Gasteiger partial charge in [0, 0.05) is 12.8 Å². The molecule has 0 aromatic carbocycles. The Morgan fingerprint density at radius 3 is 1.37 bits per heavy atom. The zero-order valence-electron chi connectivity index (χ0n) is 29.8. The summed E-state index contributed by atoms with van der Waals surface area (Å²) in [6, 6.07) is 0. The lowest BCUT2D eigenvalue weighted by Crippen LogP contribution is -2.51. The molecule has 1 heterocycles. The predicted octanol–water partition coefficient (Wildman–Crippen LogP) is 11.7. The van der Waals surface area contributed by atoms with Gasteiger partial charge >= 0.3 is 0 Å². The molecule has 1 aliphatic heterocycles. The molecular weight excluding hydrogens is 526 g/mol. The van der Waals surface area contributed by atoms with Crippen molar-refractivity contribution in [3.63, 3.8) is 0 Å². The summed E-state index contributed by atoms with van der Waals surface area (Å²) in [5, 5.41) is 3.21. The lowest BCUT2D eigenvalue weighted by Gasteiger charge is -2.30. The van der Waals surface area contributed by atoms with Crippen molar-refractivity contribution < 1.29 is 9.28 Å². The second kappa shape index (κ2) is 29.8. The molecular formula is C39H78N3O+. The number of quaternary nitrogens is 1. The van der Waals surface area contributed by atoms with Crippen molar-refractivity contribution in [1.29, 1.82) is 0 Å². The second-order valence-corrected chi connectivity index (χ2v) is 14.2. The van der Waals surface area contributed by atoms with Gasteiger partial charge in [0.1, 0.15) is 13.1 Å². The van der Waals surface area contributed by atoms with Gasteiger partial charge < -0.3 is 5.32 Å². The number of unbranched alkanes of at least 4 members (excludes halogenated alkanes) is 26. The maximum atomic E-state index is 12.4. The minimum Gasteiger partial charge on any atom is -0.350 e. The quantitative estimate of drug-likeness (QED) is 0.0587. The van der Waals surface area contributed by atoms with E-state index >= 15 is 0 Å². The molecule has 0 saturated carbocycles. The fourth-order valence-electron chi connectivity index (χ4n) is 6.78. The van der Waals surface area contributed by atoms with E-state index in [1.807, 2.05) is 0 Å². The van der Waals surface area contributed by atoms with Crippen LogP contribution in [0.2, 0.25) is 0 Å². The van der Waals surface area contributed by atoms with Crippen LogP contribution in [0.3, 0.4) is 0 Å². The van der Waals surface area contributed by atoms with E-state index < -0.39 is 0 Å². The van der Waals surface area contributed by atoms with Crippen molar-refractivity contribution in [3.8, 4) is 0 Å². The molecule has 43 heavy (non-hydrogen) atoms. The maximum absolute atomic E-state index is 12.4. The van der Waals surface area contributed by atoms with Crippen molar-refractivity contribution in [2.24, 2.45) is 4.99 Å². The van der Waals surface area contributed by atoms with Gasteiger partial charge in [0.15, 0.2) is 5.84 Å². The Bertz CT molecular complexity index is 648. The van der Waals surface area contributed by atoms with Crippen molar-refractivity contribution in [1.82, 2.24) is 5.32 Å². The number of hydrogen-bond acceptors (Lipinski definition) is 2. The molecule has 1 atom stereocenters. The van der Waals surface area contributed by atoms with Gasteiger partial charge in [-0.15, -0.1) is 0 Å². The molecule has 1 unspecified atom stereocenters. The average Bonchev–Trinajstić information content (AvgIpc) is 3.37. The van der Waals surface area contributed by atoms with E-state index in [2.05, 4.69) is 26.2 Å². The highest BCUT2D eigenvalue weighted by Gasteiger charge is 2.32. The number of carbonyl (C=O) groups excluding carboxylic acids is 1. The summed E-state index contributed by atoms with van der Waals surface area (Å²) in [4.78, 5) is 17.3. The van der Waals surface area contributed by atoms with Gasteiger partial charge in [-0.3, -0.25) is 9.28 Å². The predicted molar refractivity (Wildman–Crippen MR) is 191 cm³/mol. The molecule has 4 heteroatoms. The fraction of sp³-hybridized carbons (Fsp3) is 0.949. The molecule has 1 aliphatic rings. The van der Waals surface area contributed by atoms with Gasteiger partial charge in [-0.05, 0) is 12.8 Å². The molecule has 1 amide bonds. The zero-order valence-corrected chi connectivity index (χ0v) is 29.8. The van der Waals surface area contributed by atoms with Gasteiger partial charge in [-0.25, -0.2) is 4.99 Å². The summed E-state index contributed by atoms with van der Waals surface area (Å²) in [5.41, 5.74) is 0. The van der Waals surface area contributed by atoms with Crippen LogP contribution in [0.4, 0.5) is 0 Å². The molecule has 0 aromatic rings. The number of nitrogens with one attached hydrogen (secondary N) is 1. The second-order valence-electron chi connectivity index (χ2n) is 14.2. The van der Waals surface area contributed by atoms with Crippen LogP contribution in [-0.2, 0) is 4.79 Å². The van der Waals surface area contributed by atoms with Gasteiger partial charge in [-0.2, -0.15) is 0 Å². The van der Waals surface area contributed by atoms with Crippen LogP contribution in [0, 0.1) is 0 Å². The Kier molecular flexibility index (Phi) is 27.8. The van der Waals surface area contributed by atoms with Crippen LogP contribution in [0.5, 0.6) is 0 Å². The van der Waals surface area contributed by atoms with Gasteiger partial charge in [-0.1, -0.05) is 181 Å². The van der Waals surface area contributed by atoms with E-state index in [-0.39, 0.29) is 5.91 Å². The van der Waals surface area contributed by atoms with Crippen molar-refractivity contribution in [2.45, 2.75) is 206 Å². The Hall–Kier alpha value is -0.900.